The predicted octanol–water partition coefficient (Wildman–Crippen LogP) is 3.00. The van der Waals surface area contributed by atoms with Gasteiger partial charge in [0.2, 0.25) is 0 Å². The molecule has 1 aromatic heterocycles. The molecular formula is C14H19ClN4O2. The van der Waals surface area contributed by atoms with Gasteiger partial charge in [0.1, 0.15) is 5.82 Å². The Hall–Kier alpha value is -1.56. The first-order valence-electron chi connectivity index (χ1n) is 7.11. The summed E-state index contributed by atoms with van der Waals surface area (Å²) in [5.41, 5.74) is -0.618. The Kier molecular flexibility index (Phi) is 3.24. The third-order valence-corrected chi connectivity index (χ3v) is 5.03. The van der Waals surface area contributed by atoms with Gasteiger partial charge in [-0.25, -0.2) is 4.79 Å². The lowest BCUT2D eigenvalue weighted by atomic mass is 9.82. The molecule has 0 spiro atoms. The molecule has 1 amide bonds. The van der Waals surface area contributed by atoms with E-state index in [1.165, 1.54) is 0 Å². The van der Waals surface area contributed by atoms with Gasteiger partial charge in [0.05, 0.1) is 0 Å². The van der Waals surface area contributed by atoms with Crippen LogP contribution >= 0.6 is 11.6 Å². The number of aromatic nitrogens is 2. The average molecular weight is 311 g/mol. The van der Waals surface area contributed by atoms with Crippen molar-refractivity contribution in [2.75, 3.05) is 5.32 Å². The molecule has 6 nitrogen and oxygen atoms in total. The van der Waals surface area contributed by atoms with Crippen molar-refractivity contribution in [1.29, 1.82) is 0 Å². The van der Waals surface area contributed by atoms with Crippen LogP contribution in [0.4, 0.5) is 10.6 Å². The second kappa shape index (κ2) is 4.73. The first kappa shape index (κ1) is 14.4. The van der Waals surface area contributed by atoms with Crippen molar-refractivity contribution in [3.8, 4) is 0 Å². The fraction of sp³-hybridized carbons (Fsp3) is 0.643. The molecule has 2 N–H and O–H groups in total. The highest BCUT2D eigenvalue weighted by molar-refractivity contribution is 6.29. The minimum Gasteiger partial charge on any atom is -0.465 e. The molecule has 2 bridgehead atoms. The molecular weight excluding hydrogens is 292 g/mol. The number of carboxylic acid groups (broad SMARTS) is 1. The van der Waals surface area contributed by atoms with Gasteiger partial charge < -0.3 is 10.4 Å². The summed E-state index contributed by atoms with van der Waals surface area (Å²) < 4.78 is 0. The van der Waals surface area contributed by atoms with Crippen LogP contribution in [0.5, 0.6) is 0 Å². The molecule has 3 rings (SSSR count). The van der Waals surface area contributed by atoms with E-state index in [1.807, 2.05) is 13.8 Å². The quantitative estimate of drug-likeness (QED) is 0.878. The summed E-state index contributed by atoms with van der Waals surface area (Å²) >= 11 is 5.74. The number of anilines is 1. The van der Waals surface area contributed by atoms with Gasteiger partial charge in [0, 0.05) is 17.1 Å². The van der Waals surface area contributed by atoms with Crippen molar-refractivity contribution >= 4 is 23.5 Å². The van der Waals surface area contributed by atoms with Crippen LogP contribution in [0.15, 0.2) is 12.1 Å². The summed E-state index contributed by atoms with van der Waals surface area (Å²) in [6.45, 7) is 4.07. The third-order valence-electron chi connectivity index (χ3n) is 4.83. The summed E-state index contributed by atoms with van der Waals surface area (Å²) in [7, 11) is 0. The van der Waals surface area contributed by atoms with Gasteiger partial charge in [-0.1, -0.05) is 11.6 Å². The maximum atomic E-state index is 11.6. The normalized spacial score (nSPS) is 34.8. The van der Waals surface area contributed by atoms with E-state index in [2.05, 4.69) is 15.5 Å². The Balaban J connectivity index is 1.80. The van der Waals surface area contributed by atoms with Crippen molar-refractivity contribution in [2.24, 2.45) is 0 Å². The summed E-state index contributed by atoms with van der Waals surface area (Å²) in [4.78, 5) is 13.3. The lowest BCUT2D eigenvalue weighted by molar-refractivity contribution is 0.0167. The smallest absolute Gasteiger partial charge is 0.408 e. The minimum absolute atomic E-state index is 0.188. The molecule has 2 aliphatic rings. The molecule has 0 aromatic carbocycles. The van der Waals surface area contributed by atoms with Crippen LogP contribution < -0.4 is 5.32 Å². The molecule has 7 heteroatoms. The van der Waals surface area contributed by atoms with Crippen molar-refractivity contribution in [3.63, 3.8) is 0 Å². The maximum Gasteiger partial charge on any atom is 0.408 e. The number of hydrogen-bond donors (Lipinski definition) is 2. The number of amides is 1. The fourth-order valence-corrected chi connectivity index (χ4v) is 4.20. The van der Waals surface area contributed by atoms with Crippen LogP contribution in [-0.4, -0.2) is 43.4 Å². The number of carbonyl (C=O) groups is 1. The molecule has 2 unspecified atom stereocenters. The van der Waals surface area contributed by atoms with Gasteiger partial charge in [-0.15, -0.1) is 10.2 Å². The maximum absolute atomic E-state index is 11.6. The van der Waals surface area contributed by atoms with E-state index in [0.717, 1.165) is 25.7 Å². The van der Waals surface area contributed by atoms with Crippen LogP contribution in [0.1, 0.15) is 39.5 Å². The molecule has 1 aromatic rings. The zero-order valence-electron chi connectivity index (χ0n) is 12.1. The highest BCUT2D eigenvalue weighted by Crippen LogP contribution is 2.50. The average Bonchev–Trinajstić information content (AvgIpc) is 2.56. The molecule has 2 saturated heterocycles. The molecule has 2 aliphatic heterocycles. The second-order valence-corrected chi connectivity index (χ2v) is 6.99. The van der Waals surface area contributed by atoms with E-state index in [4.69, 9.17) is 11.6 Å². The zero-order valence-corrected chi connectivity index (χ0v) is 12.9. The van der Waals surface area contributed by atoms with Crippen LogP contribution in [0.25, 0.3) is 0 Å². The molecule has 2 atom stereocenters. The van der Waals surface area contributed by atoms with Gasteiger partial charge in [-0.2, -0.15) is 0 Å². The van der Waals surface area contributed by atoms with Gasteiger partial charge in [0.15, 0.2) is 5.15 Å². The Bertz CT molecular complexity index is 547. The fourth-order valence-electron chi connectivity index (χ4n) is 4.10. The molecule has 2 fully saturated rings. The molecule has 0 aliphatic carbocycles. The monoisotopic (exact) mass is 310 g/mol. The van der Waals surface area contributed by atoms with E-state index in [1.54, 1.807) is 17.0 Å². The largest absolute Gasteiger partial charge is 0.465 e. The predicted molar refractivity (Wildman–Crippen MR) is 79.6 cm³/mol. The van der Waals surface area contributed by atoms with E-state index < -0.39 is 6.09 Å². The Morgan fingerprint density at radius 1 is 1.33 bits per heavy atom. The Morgan fingerprint density at radius 3 is 2.43 bits per heavy atom. The van der Waals surface area contributed by atoms with Gasteiger partial charge in [-0.3, -0.25) is 4.90 Å². The molecule has 0 radical (unpaired) electrons. The van der Waals surface area contributed by atoms with Crippen molar-refractivity contribution in [2.45, 2.75) is 56.7 Å². The number of halogens is 1. The van der Waals surface area contributed by atoms with Crippen molar-refractivity contribution in [3.05, 3.63) is 17.3 Å². The van der Waals surface area contributed by atoms with E-state index >= 15 is 0 Å². The topological polar surface area (TPSA) is 78.4 Å². The Labute approximate surface area is 128 Å². The van der Waals surface area contributed by atoms with E-state index in [0.29, 0.717) is 11.0 Å². The number of piperidine rings is 1. The number of hydrogen-bond acceptors (Lipinski definition) is 4. The van der Waals surface area contributed by atoms with Crippen LogP contribution in [0, 0.1) is 0 Å². The first-order chi connectivity index (χ1) is 9.82. The lowest BCUT2D eigenvalue weighted by Gasteiger charge is -2.49. The minimum atomic E-state index is -0.817. The van der Waals surface area contributed by atoms with Crippen molar-refractivity contribution < 1.29 is 9.90 Å². The highest BCUT2D eigenvalue weighted by Gasteiger charge is 2.57. The molecule has 21 heavy (non-hydrogen) atoms. The first-order valence-corrected chi connectivity index (χ1v) is 7.49. The van der Waals surface area contributed by atoms with Crippen LogP contribution in [0.2, 0.25) is 5.15 Å². The number of rotatable bonds is 2. The number of fused-ring (bicyclic) bond motifs is 2. The summed E-state index contributed by atoms with van der Waals surface area (Å²) in [5.74, 6) is 0.680. The van der Waals surface area contributed by atoms with Gasteiger partial charge >= 0.3 is 6.09 Å². The summed E-state index contributed by atoms with van der Waals surface area (Å²) in [5, 5.41) is 21.1. The molecule has 0 saturated carbocycles. The lowest BCUT2D eigenvalue weighted by Crippen LogP contribution is -2.61. The number of nitrogens with zero attached hydrogens (tertiary/aromatic N) is 3. The Morgan fingerprint density at radius 2 is 1.95 bits per heavy atom. The SMILES string of the molecule is CC12CCC(C)(CC(Nc3ccc(Cl)nn3)C1)N2C(=O)O. The van der Waals surface area contributed by atoms with Gasteiger partial charge in [-0.05, 0) is 51.7 Å². The van der Waals surface area contributed by atoms with E-state index in [9.17, 15) is 9.90 Å². The van der Waals surface area contributed by atoms with Crippen LogP contribution in [0.3, 0.4) is 0 Å². The number of nitrogens with one attached hydrogen (secondary N) is 1. The molecule has 114 valence electrons. The van der Waals surface area contributed by atoms with Gasteiger partial charge in [0.25, 0.3) is 0 Å². The summed E-state index contributed by atoms with van der Waals surface area (Å²) in [6.07, 6.45) is 2.54. The third kappa shape index (κ3) is 2.41. The van der Waals surface area contributed by atoms with E-state index in [-0.39, 0.29) is 17.1 Å². The van der Waals surface area contributed by atoms with Crippen molar-refractivity contribution in [1.82, 2.24) is 15.1 Å². The highest BCUT2D eigenvalue weighted by atomic mass is 35.5. The standard InChI is InChI=1S/C14H19ClN4O2/c1-13-5-6-14(2,19(13)12(20)21)8-9(7-13)16-11-4-3-10(15)17-18-11/h3-4,9H,5-8H2,1-2H3,(H,16,18)(H,20,21). The summed E-state index contributed by atoms with van der Waals surface area (Å²) in [6, 6.07) is 3.68. The second-order valence-electron chi connectivity index (χ2n) is 6.60. The van der Waals surface area contributed by atoms with Crippen LogP contribution in [-0.2, 0) is 0 Å². The zero-order chi connectivity index (χ0) is 15.3. The molecule has 3 heterocycles.